The highest BCUT2D eigenvalue weighted by molar-refractivity contribution is 5.84. The van der Waals surface area contributed by atoms with Crippen LogP contribution in [0, 0.1) is 6.92 Å². The molecule has 5 N–H and O–H groups in total. The summed E-state index contributed by atoms with van der Waals surface area (Å²) in [5, 5.41) is 50.0. The van der Waals surface area contributed by atoms with Crippen molar-refractivity contribution in [2.45, 2.75) is 63.8 Å². The van der Waals surface area contributed by atoms with E-state index >= 15 is 0 Å². The van der Waals surface area contributed by atoms with Gasteiger partial charge in [-0.3, -0.25) is 0 Å². The highest BCUT2D eigenvalue weighted by atomic mass is 16.7. The summed E-state index contributed by atoms with van der Waals surface area (Å²) in [6, 6.07) is 2.69. The molecule has 0 spiro atoms. The molecule has 2 aromatic rings. The van der Waals surface area contributed by atoms with Crippen LogP contribution >= 0.6 is 0 Å². The number of unbranched alkanes of at least 4 members (excludes halogenated alkanes) is 1. The zero-order chi connectivity index (χ0) is 21.3. The van der Waals surface area contributed by atoms with E-state index in [1.807, 2.05) is 6.92 Å². The van der Waals surface area contributed by atoms with Gasteiger partial charge in [-0.05, 0) is 31.4 Å². The lowest BCUT2D eigenvalue weighted by Crippen LogP contribution is -2.60. The first-order valence-corrected chi connectivity index (χ1v) is 9.54. The Bertz CT molecular complexity index is 920. The van der Waals surface area contributed by atoms with E-state index in [-0.39, 0.29) is 17.1 Å². The molecule has 0 unspecified atom stereocenters. The Labute approximate surface area is 166 Å². The second-order valence-corrected chi connectivity index (χ2v) is 7.23. The molecule has 0 radical (unpaired) electrons. The van der Waals surface area contributed by atoms with Gasteiger partial charge in [0.15, 0.2) is 11.5 Å². The van der Waals surface area contributed by atoms with Crippen molar-refractivity contribution in [2.24, 2.45) is 0 Å². The first-order valence-electron chi connectivity index (χ1n) is 9.54. The van der Waals surface area contributed by atoms with Gasteiger partial charge in [-0.15, -0.1) is 0 Å². The van der Waals surface area contributed by atoms with Crippen LogP contribution in [0.4, 0.5) is 0 Å². The lowest BCUT2D eigenvalue weighted by Gasteiger charge is -2.39. The van der Waals surface area contributed by atoms with E-state index in [1.54, 1.807) is 6.92 Å². The number of aliphatic hydroxyl groups is 4. The summed E-state index contributed by atoms with van der Waals surface area (Å²) in [7, 11) is 0. The van der Waals surface area contributed by atoms with Crippen molar-refractivity contribution in [3.8, 4) is 11.5 Å². The van der Waals surface area contributed by atoms with E-state index < -0.39 is 42.9 Å². The molecular formula is C20H26O9. The van der Waals surface area contributed by atoms with Crippen molar-refractivity contribution in [3.05, 3.63) is 33.7 Å². The number of ether oxygens (including phenoxy) is 2. The number of aliphatic hydroxyl groups excluding tert-OH is 4. The Morgan fingerprint density at radius 2 is 1.86 bits per heavy atom. The third kappa shape index (κ3) is 4.10. The summed E-state index contributed by atoms with van der Waals surface area (Å²) in [6.07, 6.45) is -5.01. The SMILES string of the molecule is CCCCc1c(C)c2cc(O[C@@H]3O[C@H](CO)[C@H](O)[C@H](O)[C@H]3O)c(O)cc2oc1=O. The molecule has 5 atom stereocenters. The first kappa shape index (κ1) is 21.5. The summed E-state index contributed by atoms with van der Waals surface area (Å²) in [4.78, 5) is 12.2. The molecular weight excluding hydrogens is 384 g/mol. The molecule has 2 heterocycles. The van der Waals surface area contributed by atoms with Gasteiger partial charge in [0.2, 0.25) is 6.29 Å². The van der Waals surface area contributed by atoms with Gasteiger partial charge >= 0.3 is 5.63 Å². The van der Waals surface area contributed by atoms with Gasteiger partial charge in [0, 0.05) is 17.0 Å². The predicted octanol–water partition coefficient (Wildman–Crippen LogP) is 0.328. The van der Waals surface area contributed by atoms with Crippen LogP contribution in [-0.2, 0) is 11.2 Å². The number of aromatic hydroxyl groups is 1. The van der Waals surface area contributed by atoms with Gasteiger partial charge in [0.25, 0.3) is 0 Å². The smallest absolute Gasteiger partial charge is 0.339 e. The summed E-state index contributed by atoms with van der Waals surface area (Å²) in [5.41, 5.74) is 0.976. The molecule has 1 aliphatic heterocycles. The number of hydrogen-bond acceptors (Lipinski definition) is 9. The van der Waals surface area contributed by atoms with Crippen molar-refractivity contribution in [2.75, 3.05) is 6.61 Å². The number of benzene rings is 1. The molecule has 1 aromatic carbocycles. The lowest BCUT2D eigenvalue weighted by molar-refractivity contribution is -0.277. The minimum Gasteiger partial charge on any atom is -0.504 e. The van der Waals surface area contributed by atoms with Gasteiger partial charge in [-0.25, -0.2) is 4.79 Å². The van der Waals surface area contributed by atoms with Gasteiger partial charge in [-0.1, -0.05) is 13.3 Å². The second kappa shape index (κ2) is 8.68. The molecule has 0 bridgehead atoms. The van der Waals surface area contributed by atoms with E-state index in [0.29, 0.717) is 22.9 Å². The van der Waals surface area contributed by atoms with Crippen LogP contribution in [-0.4, -0.2) is 62.8 Å². The van der Waals surface area contributed by atoms with Gasteiger partial charge in [-0.2, -0.15) is 0 Å². The van der Waals surface area contributed by atoms with Crippen molar-refractivity contribution in [1.29, 1.82) is 0 Å². The molecule has 3 rings (SSSR count). The Kier molecular flexibility index (Phi) is 6.45. The first-order chi connectivity index (χ1) is 13.8. The van der Waals surface area contributed by atoms with Gasteiger partial charge < -0.3 is 39.4 Å². The zero-order valence-corrected chi connectivity index (χ0v) is 16.2. The van der Waals surface area contributed by atoms with Gasteiger partial charge in [0.05, 0.1) is 6.61 Å². The third-order valence-electron chi connectivity index (χ3n) is 5.24. The number of aryl methyl sites for hydroxylation is 1. The van der Waals surface area contributed by atoms with Crippen LogP contribution in [0.25, 0.3) is 11.0 Å². The average Bonchev–Trinajstić information content (AvgIpc) is 2.69. The van der Waals surface area contributed by atoms with Crippen molar-refractivity contribution >= 4 is 11.0 Å². The fraction of sp³-hybridized carbons (Fsp3) is 0.550. The minimum atomic E-state index is -1.61. The molecule has 9 heteroatoms. The fourth-order valence-electron chi connectivity index (χ4n) is 3.43. The fourth-order valence-corrected chi connectivity index (χ4v) is 3.43. The highest BCUT2D eigenvalue weighted by Crippen LogP contribution is 2.35. The molecule has 160 valence electrons. The Hall–Kier alpha value is -2.17. The average molecular weight is 410 g/mol. The predicted molar refractivity (Wildman–Crippen MR) is 102 cm³/mol. The van der Waals surface area contributed by atoms with Crippen LogP contribution in [0.1, 0.15) is 30.9 Å². The van der Waals surface area contributed by atoms with E-state index in [1.165, 1.54) is 12.1 Å². The van der Waals surface area contributed by atoms with Crippen molar-refractivity contribution in [3.63, 3.8) is 0 Å². The summed E-state index contributed by atoms with van der Waals surface area (Å²) in [5.74, 6) is -0.432. The van der Waals surface area contributed by atoms with Crippen molar-refractivity contribution < 1.29 is 39.4 Å². The molecule has 1 aliphatic rings. The topological polar surface area (TPSA) is 150 Å². The van der Waals surface area contributed by atoms with E-state index in [2.05, 4.69) is 0 Å². The molecule has 29 heavy (non-hydrogen) atoms. The molecule has 1 saturated heterocycles. The third-order valence-corrected chi connectivity index (χ3v) is 5.24. The Balaban J connectivity index is 1.97. The van der Waals surface area contributed by atoms with E-state index in [4.69, 9.17) is 13.9 Å². The molecule has 1 fully saturated rings. The van der Waals surface area contributed by atoms with Crippen LogP contribution in [0.15, 0.2) is 21.3 Å². The molecule has 1 aromatic heterocycles. The monoisotopic (exact) mass is 410 g/mol. The van der Waals surface area contributed by atoms with Crippen LogP contribution in [0.5, 0.6) is 11.5 Å². The van der Waals surface area contributed by atoms with Crippen molar-refractivity contribution in [1.82, 2.24) is 0 Å². The van der Waals surface area contributed by atoms with Crippen LogP contribution < -0.4 is 10.4 Å². The maximum atomic E-state index is 12.2. The summed E-state index contributed by atoms with van der Waals surface area (Å²) >= 11 is 0. The number of fused-ring (bicyclic) bond motifs is 1. The van der Waals surface area contributed by atoms with Crippen LogP contribution in [0.2, 0.25) is 0 Å². The van der Waals surface area contributed by atoms with Gasteiger partial charge in [0.1, 0.15) is 30.0 Å². The number of phenols is 1. The van der Waals surface area contributed by atoms with E-state index in [0.717, 1.165) is 12.8 Å². The maximum Gasteiger partial charge on any atom is 0.339 e. The second-order valence-electron chi connectivity index (χ2n) is 7.23. The Morgan fingerprint density at radius 1 is 1.14 bits per heavy atom. The van der Waals surface area contributed by atoms with Crippen LogP contribution in [0.3, 0.4) is 0 Å². The number of hydrogen-bond donors (Lipinski definition) is 5. The Morgan fingerprint density at radius 3 is 2.52 bits per heavy atom. The number of phenolic OH excluding ortho intramolecular Hbond substituents is 1. The highest BCUT2D eigenvalue weighted by Gasteiger charge is 2.45. The largest absolute Gasteiger partial charge is 0.504 e. The maximum absolute atomic E-state index is 12.2. The summed E-state index contributed by atoms with van der Waals surface area (Å²) in [6.45, 7) is 3.20. The molecule has 0 aliphatic carbocycles. The normalized spacial score (nSPS) is 27.3. The molecule has 0 amide bonds. The standard InChI is InChI=1S/C20H26O9/c1-3-4-5-10-9(2)11-6-14(12(22)7-13(11)27-19(10)26)28-20-18(25)17(24)16(23)15(8-21)29-20/h6-7,15-18,20-25H,3-5,8H2,1-2H3/t15-,16+,17+,18-,20-/m1/s1. The summed E-state index contributed by atoms with van der Waals surface area (Å²) < 4.78 is 16.2. The number of rotatable bonds is 6. The lowest BCUT2D eigenvalue weighted by atomic mass is 9.99. The molecule has 0 saturated carbocycles. The minimum absolute atomic E-state index is 0.0692. The van der Waals surface area contributed by atoms with E-state index in [9.17, 15) is 30.3 Å². The zero-order valence-electron chi connectivity index (χ0n) is 16.2. The quantitative estimate of drug-likeness (QED) is 0.425. The molecule has 9 nitrogen and oxygen atoms in total.